The quantitative estimate of drug-likeness (QED) is 0.263. The molecule has 190 valence electrons. The second-order valence-electron chi connectivity index (χ2n) is 9.51. The summed E-state index contributed by atoms with van der Waals surface area (Å²) in [6.45, 7) is 5.66. The lowest BCUT2D eigenvalue weighted by Crippen LogP contribution is -2.41. The molecule has 5 rings (SSSR count). The van der Waals surface area contributed by atoms with Gasteiger partial charge in [-0.2, -0.15) is 0 Å². The van der Waals surface area contributed by atoms with Crippen molar-refractivity contribution in [1.29, 1.82) is 10.8 Å². The second-order valence-corrected chi connectivity index (χ2v) is 11.2. The molecule has 0 bridgehead atoms. The molecule has 0 saturated heterocycles. The second kappa shape index (κ2) is 9.84. The summed E-state index contributed by atoms with van der Waals surface area (Å²) in [5, 5.41) is 21.7. The highest BCUT2D eigenvalue weighted by molar-refractivity contribution is 7.17. The first-order chi connectivity index (χ1) is 17.6. The summed E-state index contributed by atoms with van der Waals surface area (Å²) in [7, 11) is 0. The summed E-state index contributed by atoms with van der Waals surface area (Å²) >= 11 is 7.66. The highest BCUT2D eigenvalue weighted by Crippen LogP contribution is 2.40. The van der Waals surface area contributed by atoms with Crippen LogP contribution in [0, 0.1) is 24.7 Å². The number of rotatable bonds is 4. The van der Waals surface area contributed by atoms with Gasteiger partial charge in [-0.15, -0.1) is 11.3 Å². The van der Waals surface area contributed by atoms with Crippen molar-refractivity contribution in [1.82, 2.24) is 0 Å². The Labute approximate surface area is 224 Å². The zero-order chi connectivity index (χ0) is 26.4. The first-order valence-electron chi connectivity index (χ1n) is 12.1. The molecule has 0 radical (unpaired) electrons. The molecule has 3 N–H and O–H groups in total. The lowest BCUT2D eigenvalue weighted by atomic mass is 9.99. The number of alkyl halides is 1. The van der Waals surface area contributed by atoms with Crippen LogP contribution in [0.3, 0.4) is 0 Å². The first-order valence-corrected chi connectivity index (χ1v) is 13.3. The van der Waals surface area contributed by atoms with Crippen LogP contribution in [-0.4, -0.2) is 35.5 Å². The number of carbonyl (C=O) groups is 1. The first kappa shape index (κ1) is 25.3. The van der Waals surface area contributed by atoms with Gasteiger partial charge in [0.15, 0.2) is 0 Å². The summed E-state index contributed by atoms with van der Waals surface area (Å²) in [4.78, 5) is 20.8. The molecule has 37 heavy (non-hydrogen) atoms. The Bertz CT molecular complexity index is 1460. The van der Waals surface area contributed by atoms with Gasteiger partial charge in [-0.1, -0.05) is 29.8 Å². The number of aliphatic imine (C=N–C) groups is 1. The number of nitrogens with one attached hydrogen (secondary N) is 3. The SMILES string of the molecule is CC(=N)N1C(=N)[C@H](CC(=O)Nc2ccc3c(c2)CC(F)C3)N=C(c2ccc(Cl)cc2)c2c1sc(C)c2C. The van der Waals surface area contributed by atoms with Gasteiger partial charge in [0.2, 0.25) is 5.91 Å². The van der Waals surface area contributed by atoms with Crippen LogP contribution in [0.5, 0.6) is 0 Å². The van der Waals surface area contributed by atoms with Crippen molar-refractivity contribution in [3.63, 3.8) is 0 Å². The van der Waals surface area contributed by atoms with E-state index in [-0.39, 0.29) is 24.0 Å². The Morgan fingerprint density at radius 2 is 1.89 bits per heavy atom. The Kier molecular flexibility index (Phi) is 6.72. The zero-order valence-corrected chi connectivity index (χ0v) is 22.4. The van der Waals surface area contributed by atoms with Gasteiger partial charge in [-0.05, 0) is 61.7 Å². The fourth-order valence-corrected chi connectivity index (χ4v) is 6.27. The number of anilines is 2. The summed E-state index contributed by atoms with van der Waals surface area (Å²) in [5.74, 6) is -0.0438. The number of hydrogen-bond acceptors (Lipinski definition) is 5. The average Bonchev–Trinajstić information content (AvgIpc) is 3.31. The van der Waals surface area contributed by atoms with E-state index in [0.717, 1.165) is 37.7 Å². The number of benzene rings is 2. The van der Waals surface area contributed by atoms with E-state index in [1.54, 1.807) is 30.0 Å². The number of amides is 1. The molecule has 1 aliphatic heterocycles. The molecule has 2 aromatic carbocycles. The van der Waals surface area contributed by atoms with Crippen molar-refractivity contribution in [2.45, 2.75) is 52.2 Å². The fraction of sp³-hybridized carbons (Fsp3) is 0.286. The van der Waals surface area contributed by atoms with Gasteiger partial charge in [0.05, 0.1) is 12.1 Å². The maximum atomic E-state index is 13.8. The standard InChI is InChI=1S/C28H27ClFN5OS/c1-14-15(2)37-28-25(14)26(17-4-7-20(29)8-5-17)34-23(27(32)35(28)16(3)31)13-24(36)33-22-9-6-18-10-21(30)11-19(18)12-22/h4-9,12,21,23,31-32H,10-11,13H2,1-3H3,(H,33,36)/t21?,23-/m0/s1. The highest BCUT2D eigenvalue weighted by Gasteiger charge is 2.35. The number of amidine groups is 2. The molecule has 2 aliphatic rings. The molecule has 1 unspecified atom stereocenters. The summed E-state index contributed by atoms with van der Waals surface area (Å²) in [6.07, 6.45) is -0.185. The molecule has 2 heterocycles. The number of halogens is 2. The topological polar surface area (TPSA) is 92.4 Å². The maximum absolute atomic E-state index is 13.8. The van der Waals surface area contributed by atoms with Gasteiger partial charge < -0.3 is 5.32 Å². The van der Waals surface area contributed by atoms with Crippen LogP contribution in [0.2, 0.25) is 5.02 Å². The van der Waals surface area contributed by atoms with Crippen molar-refractivity contribution in [3.8, 4) is 0 Å². The van der Waals surface area contributed by atoms with Gasteiger partial charge in [0.25, 0.3) is 0 Å². The van der Waals surface area contributed by atoms with Crippen LogP contribution in [-0.2, 0) is 17.6 Å². The molecule has 1 aromatic heterocycles. The van der Waals surface area contributed by atoms with Gasteiger partial charge in [-0.3, -0.25) is 25.5 Å². The number of hydrogen-bond donors (Lipinski definition) is 3. The normalized spacial score (nSPS) is 18.7. The largest absolute Gasteiger partial charge is 0.326 e. The lowest BCUT2D eigenvalue weighted by Gasteiger charge is -2.24. The molecule has 2 atom stereocenters. The number of carbonyl (C=O) groups excluding carboxylic acids is 1. The van der Waals surface area contributed by atoms with Crippen molar-refractivity contribution in [3.05, 3.63) is 80.2 Å². The minimum Gasteiger partial charge on any atom is -0.326 e. The molecule has 1 aliphatic carbocycles. The van der Waals surface area contributed by atoms with E-state index >= 15 is 0 Å². The number of nitrogens with zero attached hydrogens (tertiary/aromatic N) is 2. The van der Waals surface area contributed by atoms with E-state index in [4.69, 9.17) is 27.4 Å². The van der Waals surface area contributed by atoms with E-state index in [9.17, 15) is 9.18 Å². The summed E-state index contributed by atoms with van der Waals surface area (Å²) in [5.41, 5.74) is 5.88. The Morgan fingerprint density at radius 3 is 2.59 bits per heavy atom. The van der Waals surface area contributed by atoms with E-state index < -0.39 is 12.2 Å². The summed E-state index contributed by atoms with van der Waals surface area (Å²) < 4.78 is 13.8. The molecule has 6 nitrogen and oxygen atoms in total. The van der Waals surface area contributed by atoms with E-state index in [2.05, 4.69) is 5.32 Å². The Morgan fingerprint density at radius 1 is 1.19 bits per heavy atom. The number of aryl methyl sites for hydroxylation is 1. The Hall–Kier alpha value is -3.36. The van der Waals surface area contributed by atoms with Crippen LogP contribution >= 0.6 is 22.9 Å². The molecule has 0 spiro atoms. The van der Waals surface area contributed by atoms with Gasteiger partial charge in [0, 0.05) is 39.6 Å². The predicted octanol–water partition coefficient (Wildman–Crippen LogP) is 6.48. The van der Waals surface area contributed by atoms with E-state index in [1.165, 1.54) is 11.3 Å². The van der Waals surface area contributed by atoms with Crippen molar-refractivity contribution < 1.29 is 9.18 Å². The van der Waals surface area contributed by atoms with Gasteiger partial charge >= 0.3 is 0 Å². The number of thiophene rings is 1. The van der Waals surface area contributed by atoms with Crippen molar-refractivity contribution in [2.75, 3.05) is 10.2 Å². The molecule has 0 fully saturated rings. The van der Waals surface area contributed by atoms with E-state index in [1.807, 2.05) is 38.1 Å². The molecular formula is C28H27ClFN5OS. The minimum absolute atomic E-state index is 0.0725. The lowest BCUT2D eigenvalue weighted by molar-refractivity contribution is -0.116. The average molecular weight is 536 g/mol. The zero-order valence-electron chi connectivity index (χ0n) is 20.8. The third kappa shape index (κ3) is 4.83. The molecule has 1 amide bonds. The third-order valence-electron chi connectivity index (χ3n) is 6.85. The molecule has 0 saturated carbocycles. The van der Waals surface area contributed by atoms with Gasteiger partial charge in [-0.25, -0.2) is 4.39 Å². The van der Waals surface area contributed by atoms with E-state index in [0.29, 0.717) is 29.3 Å². The Balaban J connectivity index is 1.51. The smallest absolute Gasteiger partial charge is 0.227 e. The fourth-order valence-electron chi connectivity index (χ4n) is 4.92. The molecule has 9 heteroatoms. The third-order valence-corrected chi connectivity index (χ3v) is 8.30. The maximum Gasteiger partial charge on any atom is 0.227 e. The van der Waals surface area contributed by atoms with Crippen molar-refractivity contribution >= 4 is 56.9 Å². The minimum atomic E-state index is -0.878. The van der Waals surface area contributed by atoms with Gasteiger partial charge in [0.1, 0.15) is 28.9 Å². The van der Waals surface area contributed by atoms with Crippen LogP contribution in [0.1, 0.15) is 46.0 Å². The van der Waals surface area contributed by atoms with Crippen LogP contribution in [0.15, 0.2) is 47.5 Å². The highest BCUT2D eigenvalue weighted by atomic mass is 35.5. The van der Waals surface area contributed by atoms with Crippen LogP contribution < -0.4 is 10.2 Å². The predicted molar refractivity (Wildman–Crippen MR) is 150 cm³/mol. The summed E-state index contributed by atoms with van der Waals surface area (Å²) in [6, 6.07) is 12.0. The molecular weight excluding hydrogens is 509 g/mol. The molecule has 3 aromatic rings. The van der Waals surface area contributed by atoms with Crippen LogP contribution in [0.25, 0.3) is 0 Å². The monoisotopic (exact) mass is 535 g/mol. The number of fused-ring (bicyclic) bond motifs is 2. The van der Waals surface area contributed by atoms with Crippen molar-refractivity contribution in [2.24, 2.45) is 4.99 Å². The van der Waals surface area contributed by atoms with Crippen LogP contribution in [0.4, 0.5) is 15.1 Å².